The van der Waals surface area contributed by atoms with Crippen LogP contribution >= 0.6 is 0 Å². The molecule has 8 nitrogen and oxygen atoms in total. The van der Waals surface area contributed by atoms with Crippen molar-refractivity contribution < 1.29 is 29.1 Å². The Labute approximate surface area is 113 Å². The zero-order chi connectivity index (χ0) is 14.9. The van der Waals surface area contributed by atoms with Gasteiger partial charge in [-0.1, -0.05) is 0 Å². The van der Waals surface area contributed by atoms with E-state index in [2.05, 4.69) is 0 Å². The Morgan fingerprint density at radius 2 is 2.05 bits per heavy atom. The predicted octanol–water partition coefficient (Wildman–Crippen LogP) is 1.23. The molecule has 1 aromatic carbocycles. The van der Waals surface area contributed by atoms with Crippen LogP contribution in [0, 0.1) is 22.0 Å². The van der Waals surface area contributed by atoms with Crippen LogP contribution in [-0.2, 0) is 9.59 Å². The van der Waals surface area contributed by atoms with Crippen molar-refractivity contribution in [3.05, 3.63) is 28.3 Å². The van der Waals surface area contributed by atoms with E-state index in [0.717, 1.165) is 6.07 Å². The summed E-state index contributed by atoms with van der Waals surface area (Å²) in [5.41, 5.74) is -0.198. The van der Waals surface area contributed by atoms with Gasteiger partial charge in [-0.25, -0.2) is 0 Å². The second kappa shape index (κ2) is 5.16. The molecule has 106 valence electrons. The number of rotatable bonds is 5. The third-order valence-electron chi connectivity index (χ3n) is 2.98. The van der Waals surface area contributed by atoms with Gasteiger partial charge in [0.1, 0.15) is 0 Å². The van der Waals surface area contributed by atoms with E-state index in [9.17, 15) is 19.7 Å². The summed E-state index contributed by atoms with van der Waals surface area (Å²) < 4.78 is 9.94. The van der Waals surface area contributed by atoms with Crippen molar-refractivity contribution in [1.82, 2.24) is 0 Å². The maximum atomic E-state index is 11.7. The van der Waals surface area contributed by atoms with Crippen LogP contribution in [0.5, 0.6) is 11.5 Å². The van der Waals surface area contributed by atoms with Crippen LogP contribution in [0.25, 0.3) is 0 Å². The molecule has 1 fully saturated rings. The van der Waals surface area contributed by atoms with Gasteiger partial charge in [-0.3, -0.25) is 19.7 Å². The molecule has 0 spiro atoms. The fourth-order valence-electron chi connectivity index (χ4n) is 1.77. The summed E-state index contributed by atoms with van der Waals surface area (Å²) in [6.07, 6.45) is 0.240. The highest BCUT2D eigenvalue weighted by molar-refractivity contribution is 5.87. The van der Waals surface area contributed by atoms with Crippen LogP contribution in [-0.4, -0.2) is 29.1 Å². The quantitative estimate of drug-likeness (QED) is 0.373. The summed E-state index contributed by atoms with van der Waals surface area (Å²) in [4.78, 5) is 32.4. The Balaban J connectivity index is 2.12. The zero-order valence-corrected chi connectivity index (χ0v) is 10.4. The second-order valence-corrected chi connectivity index (χ2v) is 4.30. The first-order chi connectivity index (χ1) is 9.43. The van der Waals surface area contributed by atoms with E-state index in [4.69, 9.17) is 14.6 Å². The molecule has 1 N–H and O–H groups in total. The standard InChI is InChI=1S/C12H11NO7/c1-19-10-4-6(13(17)18)2-3-9(10)20-12(16)8-5-7(8)11(14)15/h2-4,7-8H,5H2,1H3,(H,14,15)/t7-,8-/m1/s1. The van der Waals surface area contributed by atoms with Gasteiger partial charge in [-0.2, -0.15) is 0 Å². The van der Waals surface area contributed by atoms with Gasteiger partial charge < -0.3 is 14.6 Å². The summed E-state index contributed by atoms with van der Waals surface area (Å²) in [6.45, 7) is 0. The number of hydrogen-bond donors (Lipinski definition) is 1. The Kier molecular flexibility index (Phi) is 3.55. The van der Waals surface area contributed by atoms with E-state index in [0.29, 0.717) is 0 Å². The molecule has 20 heavy (non-hydrogen) atoms. The van der Waals surface area contributed by atoms with E-state index >= 15 is 0 Å². The van der Waals surface area contributed by atoms with E-state index in [1.807, 2.05) is 0 Å². The lowest BCUT2D eigenvalue weighted by Gasteiger charge is -2.08. The van der Waals surface area contributed by atoms with Crippen molar-refractivity contribution in [3.63, 3.8) is 0 Å². The molecule has 8 heteroatoms. The Morgan fingerprint density at radius 1 is 1.35 bits per heavy atom. The van der Waals surface area contributed by atoms with Crippen molar-refractivity contribution in [2.24, 2.45) is 11.8 Å². The third kappa shape index (κ3) is 2.68. The average Bonchev–Trinajstić information content (AvgIpc) is 3.19. The van der Waals surface area contributed by atoms with E-state index < -0.39 is 28.7 Å². The van der Waals surface area contributed by atoms with Gasteiger partial charge in [-0.05, 0) is 12.5 Å². The summed E-state index contributed by atoms with van der Waals surface area (Å²) in [7, 11) is 1.29. The number of esters is 1. The van der Waals surface area contributed by atoms with E-state index in [-0.39, 0.29) is 23.6 Å². The first-order valence-electron chi connectivity index (χ1n) is 5.71. The van der Waals surface area contributed by atoms with Gasteiger partial charge in [0, 0.05) is 6.07 Å². The van der Waals surface area contributed by atoms with Crippen molar-refractivity contribution in [2.75, 3.05) is 7.11 Å². The fourth-order valence-corrected chi connectivity index (χ4v) is 1.77. The van der Waals surface area contributed by atoms with Crippen molar-refractivity contribution in [3.8, 4) is 11.5 Å². The van der Waals surface area contributed by atoms with E-state index in [1.54, 1.807) is 0 Å². The van der Waals surface area contributed by atoms with Gasteiger partial charge in [0.25, 0.3) is 5.69 Å². The number of nitro benzene ring substituents is 1. The number of aliphatic carboxylic acids is 1. The molecule has 1 saturated carbocycles. The topological polar surface area (TPSA) is 116 Å². The molecule has 2 rings (SSSR count). The molecule has 0 aromatic heterocycles. The molecule has 0 saturated heterocycles. The van der Waals surface area contributed by atoms with Gasteiger partial charge in [0.15, 0.2) is 11.5 Å². The number of non-ortho nitro benzene ring substituents is 1. The lowest BCUT2D eigenvalue weighted by atomic mass is 10.2. The summed E-state index contributed by atoms with van der Waals surface area (Å²) in [5, 5.41) is 19.3. The Bertz CT molecular complexity index is 583. The van der Waals surface area contributed by atoms with Crippen LogP contribution in [0.2, 0.25) is 0 Å². The largest absolute Gasteiger partial charge is 0.493 e. The van der Waals surface area contributed by atoms with Crippen LogP contribution < -0.4 is 9.47 Å². The second-order valence-electron chi connectivity index (χ2n) is 4.30. The minimum Gasteiger partial charge on any atom is -0.493 e. The third-order valence-corrected chi connectivity index (χ3v) is 2.98. The van der Waals surface area contributed by atoms with Gasteiger partial charge >= 0.3 is 11.9 Å². The first kappa shape index (κ1) is 13.8. The molecule has 0 heterocycles. The average molecular weight is 281 g/mol. The SMILES string of the molecule is COc1cc([N+](=O)[O-])ccc1OC(=O)[C@@H]1C[C@H]1C(=O)O. The summed E-state index contributed by atoms with van der Waals surface area (Å²) >= 11 is 0. The highest BCUT2D eigenvalue weighted by Gasteiger charge is 2.49. The van der Waals surface area contributed by atoms with Crippen molar-refractivity contribution in [1.29, 1.82) is 0 Å². The lowest BCUT2D eigenvalue weighted by molar-refractivity contribution is -0.385. The molecule has 0 bridgehead atoms. The minimum absolute atomic E-state index is 0.0270. The predicted molar refractivity (Wildman–Crippen MR) is 64.5 cm³/mol. The number of carboxylic acid groups (broad SMARTS) is 1. The number of carboxylic acids is 1. The van der Waals surface area contributed by atoms with Crippen LogP contribution in [0.4, 0.5) is 5.69 Å². The van der Waals surface area contributed by atoms with Gasteiger partial charge in [0.2, 0.25) is 0 Å². The molecule has 0 aliphatic heterocycles. The number of benzene rings is 1. The lowest BCUT2D eigenvalue weighted by Crippen LogP contribution is -2.14. The highest BCUT2D eigenvalue weighted by Crippen LogP contribution is 2.41. The normalized spacial score (nSPS) is 20.1. The number of ether oxygens (including phenoxy) is 2. The molecule has 0 unspecified atom stereocenters. The number of nitrogens with zero attached hydrogens (tertiary/aromatic N) is 1. The number of methoxy groups -OCH3 is 1. The monoisotopic (exact) mass is 281 g/mol. The Morgan fingerprint density at radius 3 is 2.55 bits per heavy atom. The molecule has 1 aliphatic rings. The van der Waals surface area contributed by atoms with Gasteiger partial charge in [0.05, 0.1) is 29.9 Å². The minimum atomic E-state index is -1.04. The first-order valence-corrected chi connectivity index (χ1v) is 5.71. The summed E-state index contributed by atoms with van der Waals surface area (Å²) in [6, 6.07) is 3.55. The van der Waals surface area contributed by atoms with Crippen molar-refractivity contribution >= 4 is 17.6 Å². The molecule has 0 radical (unpaired) electrons. The number of hydrogen-bond acceptors (Lipinski definition) is 6. The number of carbonyl (C=O) groups is 2. The number of carbonyl (C=O) groups excluding carboxylic acids is 1. The van der Waals surface area contributed by atoms with Crippen LogP contribution in [0.1, 0.15) is 6.42 Å². The van der Waals surface area contributed by atoms with Crippen LogP contribution in [0.3, 0.4) is 0 Å². The molecule has 0 amide bonds. The molecular weight excluding hydrogens is 270 g/mol. The van der Waals surface area contributed by atoms with Crippen LogP contribution in [0.15, 0.2) is 18.2 Å². The summed E-state index contributed by atoms with van der Waals surface area (Å²) in [5.74, 6) is -3.04. The molecule has 1 aliphatic carbocycles. The number of nitro groups is 1. The smallest absolute Gasteiger partial charge is 0.315 e. The zero-order valence-electron chi connectivity index (χ0n) is 10.4. The van der Waals surface area contributed by atoms with Crippen molar-refractivity contribution in [2.45, 2.75) is 6.42 Å². The highest BCUT2D eigenvalue weighted by atomic mass is 16.6. The fraction of sp³-hybridized carbons (Fsp3) is 0.333. The molecular formula is C12H11NO7. The maximum Gasteiger partial charge on any atom is 0.315 e. The molecule has 2 atom stereocenters. The van der Waals surface area contributed by atoms with E-state index in [1.165, 1.54) is 19.2 Å². The Hall–Kier alpha value is -2.64. The molecule has 1 aromatic rings. The van der Waals surface area contributed by atoms with Gasteiger partial charge in [-0.15, -0.1) is 0 Å². The maximum absolute atomic E-state index is 11.7.